The number of piperidine rings is 3. The number of fused-ring (bicyclic) bond motifs is 3. The Balaban J connectivity index is 1.91. The van der Waals surface area contributed by atoms with Crippen molar-refractivity contribution in [3.63, 3.8) is 0 Å². The van der Waals surface area contributed by atoms with Crippen LogP contribution in [-0.4, -0.2) is 31.6 Å². The summed E-state index contributed by atoms with van der Waals surface area (Å²) in [7, 11) is 1.78. The third-order valence-electron chi connectivity index (χ3n) is 4.19. The van der Waals surface area contributed by atoms with E-state index >= 15 is 0 Å². The Bertz CT molecular complexity index is 369. The quantitative estimate of drug-likeness (QED) is 0.754. The number of methoxy groups -OCH3 is 1. The van der Waals surface area contributed by atoms with Gasteiger partial charge in [0, 0.05) is 12.5 Å². The second-order valence-corrected chi connectivity index (χ2v) is 4.99. The lowest BCUT2D eigenvalue weighted by molar-refractivity contribution is 0.0860. The summed E-state index contributed by atoms with van der Waals surface area (Å²) in [5.41, 5.74) is 1.42. The van der Waals surface area contributed by atoms with Crippen molar-refractivity contribution in [2.24, 2.45) is 5.92 Å². The second-order valence-electron chi connectivity index (χ2n) is 4.99. The van der Waals surface area contributed by atoms with Gasteiger partial charge in [0.05, 0.1) is 7.11 Å². The molecule has 2 nitrogen and oxygen atoms in total. The first-order valence-corrected chi connectivity index (χ1v) is 6.24. The zero-order valence-corrected chi connectivity index (χ0v) is 9.86. The fraction of sp³-hybridized carbons (Fsp3) is 0.571. The topological polar surface area (TPSA) is 12.5 Å². The van der Waals surface area contributed by atoms with Crippen molar-refractivity contribution in [3.8, 4) is 5.75 Å². The van der Waals surface area contributed by atoms with Crippen LogP contribution >= 0.6 is 0 Å². The monoisotopic (exact) mass is 217 g/mol. The molecule has 1 unspecified atom stereocenters. The van der Waals surface area contributed by atoms with E-state index in [2.05, 4.69) is 29.2 Å². The molecule has 2 heteroatoms. The maximum absolute atomic E-state index is 5.49. The lowest BCUT2D eigenvalue weighted by atomic mass is 9.75. The summed E-state index contributed by atoms with van der Waals surface area (Å²) >= 11 is 0. The van der Waals surface area contributed by atoms with Gasteiger partial charge in [-0.1, -0.05) is 18.2 Å². The Morgan fingerprint density at radius 3 is 2.56 bits per heavy atom. The van der Waals surface area contributed by atoms with Gasteiger partial charge in [-0.15, -0.1) is 0 Å². The van der Waals surface area contributed by atoms with Gasteiger partial charge in [0.15, 0.2) is 0 Å². The molecule has 0 amide bonds. The molecule has 1 atom stereocenters. The van der Waals surface area contributed by atoms with E-state index in [-0.39, 0.29) is 0 Å². The molecule has 0 aliphatic carbocycles. The fourth-order valence-electron chi connectivity index (χ4n) is 3.29. The van der Waals surface area contributed by atoms with Gasteiger partial charge in [-0.25, -0.2) is 0 Å². The van der Waals surface area contributed by atoms with E-state index in [1.165, 1.54) is 38.0 Å². The van der Waals surface area contributed by atoms with Gasteiger partial charge in [0.1, 0.15) is 5.75 Å². The lowest BCUT2D eigenvalue weighted by Gasteiger charge is -2.45. The van der Waals surface area contributed by atoms with Gasteiger partial charge >= 0.3 is 0 Å². The van der Waals surface area contributed by atoms with Crippen LogP contribution in [0.1, 0.15) is 24.3 Å². The van der Waals surface area contributed by atoms with Gasteiger partial charge in [0.25, 0.3) is 0 Å². The Labute approximate surface area is 97.2 Å². The van der Waals surface area contributed by atoms with E-state index in [0.717, 1.165) is 11.7 Å². The van der Waals surface area contributed by atoms with E-state index in [1.54, 1.807) is 7.11 Å². The molecular weight excluding hydrogens is 198 g/mol. The highest BCUT2D eigenvalue weighted by Crippen LogP contribution is 2.41. The zero-order chi connectivity index (χ0) is 11.0. The molecule has 0 aromatic heterocycles. The normalized spacial score (nSPS) is 32.7. The number of hydrogen-bond donors (Lipinski definition) is 0. The summed E-state index contributed by atoms with van der Waals surface area (Å²) in [5.74, 6) is 2.64. The number of hydrogen-bond acceptors (Lipinski definition) is 2. The van der Waals surface area contributed by atoms with Crippen molar-refractivity contribution in [2.45, 2.75) is 18.8 Å². The Kier molecular flexibility index (Phi) is 2.60. The minimum Gasteiger partial charge on any atom is -0.496 e. The summed E-state index contributed by atoms with van der Waals surface area (Å²) in [6.07, 6.45) is 2.73. The predicted octanol–water partition coefficient (Wildman–Crippen LogP) is 2.50. The Hall–Kier alpha value is -1.02. The highest BCUT2D eigenvalue weighted by atomic mass is 16.5. The van der Waals surface area contributed by atoms with Crippen LogP contribution in [0.3, 0.4) is 0 Å². The standard InChI is InChI=1S/C14H19NO/c1-16-14-5-3-2-4-12(14)13-10-15-8-6-11(13)7-9-15/h2-5,11,13H,6-10H2,1H3. The fourth-order valence-corrected chi connectivity index (χ4v) is 3.29. The summed E-state index contributed by atoms with van der Waals surface area (Å²) in [6.45, 7) is 3.83. The molecule has 0 saturated carbocycles. The maximum atomic E-state index is 5.49. The van der Waals surface area contributed by atoms with Crippen molar-refractivity contribution < 1.29 is 4.74 Å². The molecular formula is C14H19NO. The molecule has 16 heavy (non-hydrogen) atoms. The van der Waals surface area contributed by atoms with Crippen LogP contribution in [0.4, 0.5) is 0 Å². The largest absolute Gasteiger partial charge is 0.496 e. The number of ether oxygens (including phenoxy) is 1. The first-order valence-electron chi connectivity index (χ1n) is 6.24. The molecule has 3 saturated heterocycles. The molecule has 86 valence electrons. The highest BCUT2D eigenvalue weighted by molar-refractivity contribution is 5.37. The van der Waals surface area contributed by atoms with Crippen LogP contribution in [0.5, 0.6) is 5.75 Å². The van der Waals surface area contributed by atoms with Crippen LogP contribution < -0.4 is 4.74 Å². The van der Waals surface area contributed by atoms with Crippen molar-refractivity contribution in [1.29, 1.82) is 0 Å². The number of para-hydroxylation sites is 1. The van der Waals surface area contributed by atoms with Gasteiger partial charge in [-0.3, -0.25) is 0 Å². The van der Waals surface area contributed by atoms with Gasteiger partial charge in [0.2, 0.25) is 0 Å². The summed E-state index contributed by atoms with van der Waals surface area (Å²) in [6, 6.07) is 8.53. The molecule has 3 aliphatic rings. The van der Waals surface area contributed by atoms with Gasteiger partial charge in [-0.2, -0.15) is 0 Å². The molecule has 4 rings (SSSR count). The van der Waals surface area contributed by atoms with E-state index < -0.39 is 0 Å². The van der Waals surface area contributed by atoms with Crippen molar-refractivity contribution in [3.05, 3.63) is 29.8 Å². The summed E-state index contributed by atoms with van der Waals surface area (Å²) in [4.78, 5) is 2.59. The van der Waals surface area contributed by atoms with Gasteiger partial charge < -0.3 is 9.64 Å². The SMILES string of the molecule is COc1ccccc1C1CN2CCC1CC2. The van der Waals surface area contributed by atoms with Crippen LogP contribution in [0.2, 0.25) is 0 Å². The second kappa shape index (κ2) is 4.10. The van der Waals surface area contributed by atoms with E-state index in [1.807, 2.05) is 0 Å². The van der Waals surface area contributed by atoms with Gasteiger partial charge in [-0.05, 0) is 43.5 Å². The van der Waals surface area contributed by atoms with Crippen molar-refractivity contribution in [2.75, 3.05) is 26.7 Å². The Morgan fingerprint density at radius 1 is 1.19 bits per heavy atom. The molecule has 1 aromatic rings. The minimum absolute atomic E-state index is 0.693. The zero-order valence-electron chi connectivity index (χ0n) is 9.86. The van der Waals surface area contributed by atoms with Crippen molar-refractivity contribution >= 4 is 0 Å². The minimum atomic E-state index is 0.693. The molecule has 0 radical (unpaired) electrons. The van der Waals surface area contributed by atoms with E-state index in [0.29, 0.717) is 5.92 Å². The Morgan fingerprint density at radius 2 is 1.94 bits per heavy atom. The van der Waals surface area contributed by atoms with Crippen LogP contribution in [0, 0.1) is 5.92 Å². The average molecular weight is 217 g/mol. The predicted molar refractivity (Wildman–Crippen MR) is 64.9 cm³/mol. The summed E-state index contributed by atoms with van der Waals surface area (Å²) < 4.78 is 5.49. The molecule has 2 bridgehead atoms. The summed E-state index contributed by atoms with van der Waals surface area (Å²) in [5, 5.41) is 0. The third kappa shape index (κ3) is 1.61. The van der Waals surface area contributed by atoms with Crippen LogP contribution in [-0.2, 0) is 0 Å². The number of benzene rings is 1. The average Bonchev–Trinajstić information content (AvgIpc) is 2.40. The number of nitrogens with zero attached hydrogens (tertiary/aromatic N) is 1. The lowest BCUT2D eigenvalue weighted by Crippen LogP contribution is -2.46. The molecule has 3 aliphatic heterocycles. The van der Waals surface area contributed by atoms with E-state index in [9.17, 15) is 0 Å². The van der Waals surface area contributed by atoms with Crippen molar-refractivity contribution in [1.82, 2.24) is 4.90 Å². The van der Waals surface area contributed by atoms with Crippen LogP contribution in [0.25, 0.3) is 0 Å². The first-order chi connectivity index (χ1) is 7.88. The van der Waals surface area contributed by atoms with Crippen LogP contribution in [0.15, 0.2) is 24.3 Å². The molecule has 1 aromatic carbocycles. The highest BCUT2D eigenvalue weighted by Gasteiger charge is 2.35. The molecule has 3 heterocycles. The third-order valence-corrected chi connectivity index (χ3v) is 4.19. The smallest absolute Gasteiger partial charge is 0.122 e. The molecule has 0 N–H and O–H groups in total. The molecule has 3 fully saturated rings. The van der Waals surface area contributed by atoms with E-state index in [4.69, 9.17) is 4.74 Å². The first kappa shape index (κ1) is 10.2. The number of rotatable bonds is 2. The maximum Gasteiger partial charge on any atom is 0.122 e. The molecule has 0 spiro atoms.